The minimum atomic E-state index is -4.35. The molecule has 3 nitrogen and oxygen atoms in total. The molecular weight excluding hydrogens is 207 g/mol. The van der Waals surface area contributed by atoms with Crippen LogP contribution in [0, 0.1) is 0 Å². The van der Waals surface area contributed by atoms with Crippen molar-refractivity contribution in [1.82, 2.24) is 14.9 Å². The number of nitrogens with zero attached hydrogens (tertiary/aromatic N) is 2. The Morgan fingerprint density at radius 1 is 1.47 bits per heavy atom. The molecule has 2 heterocycles. The number of aryl methyl sites for hydroxylation is 1. The van der Waals surface area contributed by atoms with Crippen LogP contribution < -0.4 is 5.32 Å². The molecule has 0 spiro atoms. The summed E-state index contributed by atoms with van der Waals surface area (Å²) in [7, 11) is 0. The lowest BCUT2D eigenvalue weighted by molar-refractivity contribution is -0.147. The van der Waals surface area contributed by atoms with Gasteiger partial charge in [0.15, 0.2) is 0 Å². The minimum absolute atomic E-state index is 0.344. The second-order valence-electron chi connectivity index (χ2n) is 3.51. The number of fused-ring (bicyclic) bond motifs is 1. The smallest absolute Gasteiger partial charge is 0.322 e. The van der Waals surface area contributed by atoms with Crippen LogP contribution in [0.25, 0.3) is 0 Å². The molecule has 84 valence electrons. The van der Waals surface area contributed by atoms with Gasteiger partial charge in [-0.05, 0) is 6.42 Å². The molecule has 0 bridgehead atoms. The van der Waals surface area contributed by atoms with Crippen molar-refractivity contribution in [1.29, 1.82) is 0 Å². The third-order valence-corrected chi connectivity index (χ3v) is 2.55. The van der Waals surface area contributed by atoms with Crippen LogP contribution in [0.15, 0.2) is 0 Å². The van der Waals surface area contributed by atoms with Crippen molar-refractivity contribution in [2.75, 3.05) is 6.54 Å². The molecule has 0 aromatic carbocycles. The van der Waals surface area contributed by atoms with Gasteiger partial charge in [0.25, 0.3) is 0 Å². The van der Waals surface area contributed by atoms with Crippen molar-refractivity contribution in [2.45, 2.75) is 32.6 Å². The molecule has 6 heteroatoms. The van der Waals surface area contributed by atoms with E-state index in [0.717, 1.165) is 0 Å². The Hall–Kier alpha value is -1.04. The summed E-state index contributed by atoms with van der Waals surface area (Å²) in [6, 6.07) is 0. The van der Waals surface area contributed by atoms with E-state index in [4.69, 9.17) is 0 Å². The predicted octanol–water partition coefficient (Wildman–Crippen LogP) is 1.57. The summed E-state index contributed by atoms with van der Waals surface area (Å²) in [6.07, 6.45) is -3.81. The first-order chi connectivity index (χ1) is 7.04. The second kappa shape index (κ2) is 3.52. The maximum atomic E-state index is 12.6. The van der Waals surface area contributed by atoms with E-state index in [1.807, 2.05) is 6.92 Å². The summed E-state index contributed by atoms with van der Waals surface area (Å²) in [4.78, 5) is 3.68. The molecule has 0 fully saturated rings. The lowest BCUT2D eigenvalue weighted by atomic mass is 10.2. The molecule has 1 aliphatic rings. The van der Waals surface area contributed by atoms with Crippen LogP contribution in [-0.4, -0.2) is 16.1 Å². The Morgan fingerprint density at radius 3 is 2.80 bits per heavy atom. The number of hydrogen-bond donors (Lipinski definition) is 1. The number of halogens is 3. The van der Waals surface area contributed by atoms with Crippen LogP contribution >= 0.6 is 0 Å². The minimum Gasteiger partial charge on any atom is -0.322 e. The third-order valence-electron chi connectivity index (χ3n) is 2.55. The standard InChI is InChI=1S/C9H12F3N3/c1-2-6-7-5-13-3-4-15(7)8(14-6)9(10,11)12/h13H,2-5H2,1H3. The predicted molar refractivity (Wildman–Crippen MR) is 48.3 cm³/mol. The van der Waals surface area contributed by atoms with E-state index < -0.39 is 12.0 Å². The highest BCUT2D eigenvalue weighted by molar-refractivity contribution is 5.20. The molecule has 0 saturated carbocycles. The molecule has 1 aliphatic heterocycles. The number of alkyl halides is 3. The zero-order valence-corrected chi connectivity index (χ0v) is 8.36. The van der Waals surface area contributed by atoms with Crippen LogP contribution in [0.3, 0.4) is 0 Å². The van der Waals surface area contributed by atoms with Crippen molar-refractivity contribution in [2.24, 2.45) is 0 Å². The summed E-state index contributed by atoms with van der Waals surface area (Å²) < 4.78 is 39.2. The van der Waals surface area contributed by atoms with Crippen LogP contribution in [0.4, 0.5) is 13.2 Å². The van der Waals surface area contributed by atoms with E-state index in [1.54, 1.807) is 0 Å². The van der Waals surface area contributed by atoms with Crippen molar-refractivity contribution in [3.8, 4) is 0 Å². The Bertz CT molecular complexity index is 367. The van der Waals surface area contributed by atoms with Gasteiger partial charge in [0.1, 0.15) is 0 Å². The lowest BCUT2D eigenvalue weighted by Crippen LogP contribution is -2.30. The topological polar surface area (TPSA) is 29.9 Å². The highest BCUT2D eigenvalue weighted by Crippen LogP contribution is 2.31. The van der Waals surface area contributed by atoms with Gasteiger partial charge in [-0.3, -0.25) is 0 Å². The van der Waals surface area contributed by atoms with Crippen LogP contribution in [0.1, 0.15) is 24.1 Å². The van der Waals surface area contributed by atoms with Gasteiger partial charge in [-0.1, -0.05) is 6.92 Å². The quantitative estimate of drug-likeness (QED) is 0.777. The maximum absolute atomic E-state index is 12.6. The first-order valence-electron chi connectivity index (χ1n) is 4.90. The zero-order valence-electron chi connectivity index (χ0n) is 8.36. The number of imidazole rings is 1. The van der Waals surface area contributed by atoms with E-state index in [2.05, 4.69) is 10.3 Å². The molecule has 1 N–H and O–H groups in total. The molecule has 1 aromatic rings. The van der Waals surface area contributed by atoms with E-state index >= 15 is 0 Å². The van der Waals surface area contributed by atoms with Gasteiger partial charge in [-0.25, -0.2) is 4.98 Å². The molecule has 0 amide bonds. The SMILES string of the molecule is CCc1nc(C(F)(F)F)n2c1CNCC2. The van der Waals surface area contributed by atoms with Crippen molar-refractivity contribution in [3.63, 3.8) is 0 Å². The number of nitrogens with one attached hydrogen (secondary N) is 1. The van der Waals surface area contributed by atoms with E-state index in [0.29, 0.717) is 37.4 Å². The van der Waals surface area contributed by atoms with Gasteiger partial charge in [-0.2, -0.15) is 13.2 Å². The van der Waals surface area contributed by atoms with Gasteiger partial charge in [-0.15, -0.1) is 0 Å². The highest BCUT2D eigenvalue weighted by atomic mass is 19.4. The monoisotopic (exact) mass is 219 g/mol. The Labute approximate surface area is 85.3 Å². The number of aromatic nitrogens is 2. The Kier molecular flexibility index (Phi) is 2.46. The molecule has 15 heavy (non-hydrogen) atoms. The van der Waals surface area contributed by atoms with Crippen LogP contribution in [-0.2, 0) is 25.7 Å². The largest absolute Gasteiger partial charge is 0.449 e. The van der Waals surface area contributed by atoms with E-state index in [9.17, 15) is 13.2 Å². The normalized spacial score (nSPS) is 16.5. The highest BCUT2D eigenvalue weighted by Gasteiger charge is 2.38. The lowest BCUT2D eigenvalue weighted by Gasteiger charge is -2.19. The van der Waals surface area contributed by atoms with Crippen molar-refractivity contribution >= 4 is 0 Å². The van der Waals surface area contributed by atoms with Crippen LogP contribution in [0.2, 0.25) is 0 Å². The number of rotatable bonds is 1. The second-order valence-corrected chi connectivity index (χ2v) is 3.51. The molecule has 2 rings (SSSR count). The van der Waals surface area contributed by atoms with Gasteiger partial charge < -0.3 is 9.88 Å². The summed E-state index contributed by atoms with van der Waals surface area (Å²) in [5, 5.41) is 3.05. The third kappa shape index (κ3) is 1.73. The fourth-order valence-electron chi connectivity index (χ4n) is 1.87. The fourth-order valence-corrected chi connectivity index (χ4v) is 1.87. The molecule has 1 aromatic heterocycles. The van der Waals surface area contributed by atoms with Crippen LogP contribution in [0.5, 0.6) is 0 Å². The molecular formula is C9H12F3N3. The van der Waals surface area contributed by atoms with Gasteiger partial charge in [0.2, 0.25) is 5.82 Å². The summed E-state index contributed by atoms with van der Waals surface area (Å²) in [6.45, 7) is 3.21. The van der Waals surface area contributed by atoms with Crippen molar-refractivity contribution in [3.05, 3.63) is 17.2 Å². The van der Waals surface area contributed by atoms with Gasteiger partial charge >= 0.3 is 6.18 Å². The zero-order chi connectivity index (χ0) is 11.1. The first-order valence-corrected chi connectivity index (χ1v) is 4.90. The fraction of sp³-hybridized carbons (Fsp3) is 0.667. The first kappa shape index (κ1) is 10.5. The molecule has 0 atom stereocenters. The average molecular weight is 219 g/mol. The Balaban J connectivity index is 2.52. The summed E-state index contributed by atoms with van der Waals surface area (Å²) in [5.74, 6) is -0.754. The van der Waals surface area contributed by atoms with Crippen molar-refractivity contribution < 1.29 is 13.2 Å². The average Bonchev–Trinajstić information content (AvgIpc) is 2.55. The molecule has 0 radical (unpaired) electrons. The summed E-state index contributed by atoms with van der Waals surface area (Å²) >= 11 is 0. The van der Waals surface area contributed by atoms with E-state index in [-0.39, 0.29) is 0 Å². The number of hydrogen-bond acceptors (Lipinski definition) is 2. The van der Waals surface area contributed by atoms with E-state index in [1.165, 1.54) is 4.57 Å². The molecule has 0 aliphatic carbocycles. The van der Waals surface area contributed by atoms with Gasteiger partial charge in [0, 0.05) is 19.6 Å². The molecule has 0 saturated heterocycles. The van der Waals surface area contributed by atoms with Gasteiger partial charge in [0.05, 0.1) is 11.4 Å². The molecule has 0 unspecified atom stereocenters. The maximum Gasteiger partial charge on any atom is 0.449 e. The Morgan fingerprint density at radius 2 is 2.20 bits per heavy atom. The summed E-state index contributed by atoms with van der Waals surface area (Å²) in [5.41, 5.74) is 1.23.